The molecule has 0 bridgehead atoms. The largest absolute Gasteiger partial charge is 0.373 e. The zero-order valence-corrected chi connectivity index (χ0v) is 18.4. The van der Waals surface area contributed by atoms with Crippen molar-refractivity contribution in [1.82, 2.24) is 5.06 Å². The lowest BCUT2D eigenvalue weighted by atomic mass is 9.91. The summed E-state index contributed by atoms with van der Waals surface area (Å²) in [6.45, 7) is 2.37. The zero-order valence-electron chi connectivity index (χ0n) is 16.9. The first kappa shape index (κ1) is 21.7. The summed E-state index contributed by atoms with van der Waals surface area (Å²) in [6, 6.07) is 13.4. The smallest absolute Gasteiger partial charge is 0.364 e. The Morgan fingerprint density at radius 3 is 2.48 bits per heavy atom. The van der Waals surface area contributed by atoms with E-state index in [-0.39, 0.29) is 0 Å². The van der Waals surface area contributed by atoms with E-state index in [0.717, 1.165) is 22.4 Å². The Balaban J connectivity index is 2.09. The maximum absolute atomic E-state index is 12.9. The number of halogens is 2. The SMILES string of the molecule is CCC1=C(C(=O)ON(C)C)N(C)c2cc(Cl)cc(Cl)c2C1OCc1ccccc1. The third-order valence-corrected chi connectivity index (χ3v) is 5.28. The number of fused-ring (bicyclic) bond motifs is 1. The predicted molar refractivity (Wildman–Crippen MR) is 116 cm³/mol. The van der Waals surface area contributed by atoms with Crippen LogP contribution in [0.15, 0.2) is 53.7 Å². The lowest BCUT2D eigenvalue weighted by molar-refractivity contribution is -0.173. The molecule has 1 heterocycles. The molecule has 1 aliphatic rings. The van der Waals surface area contributed by atoms with Gasteiger partial charge in [0.2, 0.25) is 0 Å². The molecule has 1 aliphatic heterocycles. The topological polar surface area (TPSA) is 42.0 Å². The van der Waals surface area contributed by atoms with Gasteiger partial charge in [-0.3, -0.25) is 0 Å². The number of hydroxylamine groups is 2. The van der Waals surface area contributed by atoms with Crippen molar-refractivity contribution >= 4 is 34.9 Å². The normalized spacial score (nSPS) is 16.2. The lowest BCUT2D eigenvalue weighted by Gasteiger charge is -2.37. The summed E-state index contributed by atoms with van der Waals surface area (Å²) in [7, 11) is 5.14. The number of anilines is 1. The molecule has 0 fully saturated rings. The van der Waals surface area contributed by atoms with Crippen LogP contribution in [0.2, 0.25) is 10.0 Å². The van der Waals surface area contributed by atoms with Crippen molar-refractivity contribution in [2.45, 2.75) is 26.1 Å². The van der Waals surface area contributed by atoms with Gasteiger partial charge < -0.3 is 14.5 Å². The van der Waals surface area contributed by atoms with Gasteiger partial charge in [-0.1, -0.05) is 60.5 Å². The number of nitrogens with zero attached hydrogens (tertiary/aromatic N) is 2. The molecular formula is C22H24Cl2N2O3. The molecule has 5 nitrogen and oxygen atoms in total. The lowest BCUT2D eigenvalue weighted by Crippen LogP contribution is -2.35. The molecule has 1 unspecified atom stereocenters. The van der Waals surface area contributed by atoms with Crippen molar-refractivity contribution in [3.05, 3.63) is 74.9 Å². The minimum atomic E-state index is -0.485. The Kier molecular flexibility index (Phi) is 6.85. The first-order valence-corrected chi connectivity index (χ1v) is 10.1. The second-order valence-electron chi connectivity index (χ2n) is 6.97. The van der Waals surface area contributed by atoms with Crippen LogP contribution >= 0.6 is 23.2 Å². The van der Waals surface area contributed by atoms with Crippen LogP contribution in [0, 0.1) is 0 Å². The summed E-state index contributed by atoms with van der Waals surface area (Å²) in [5.74, 6) is -0.454. The van der Waals surface area contributed by atoms with Crippen LogP contribution in [0.5, 0.6) is 0 Å². The molecule has 0 aliphatic carbocycles. The van der Waals surface area contributed by atoms with Gasteiger partial charge in [-0.25, -0.2) is 4.79 Å². The summed E-state index contributed by atoms with van der Waals surface area (Å²) >= 11 is 12.8. The third-order valence-electron chi connectivity index (χ3n) is 4.75. The number of ether oxygens (including phenoxy) is 1. The second-order valence-corrected chi connectivity index (χ2v) is 7.82. The molecule has 29 heavy (non-hydrogen) atoms. The Bertz CT molecular complexity index is 929. The average Bonchev–Trinajstić information content (AvgIpc) is 2.67. The van der Waals surface area contributed by atoms with E-state index in [0.29, 0.717) is 28.8 Å². The van der Waals surface area contributed by atoms with E-state index in [1.54, 1.807) is 38.2 Å². The summed E-state index contributed by atoms with van der Waals surface area (Å²) in [4.78, 5) is 20.0. The van der Waals surface area contributed by atoms with Crippen LogP contribution < -0.4 is 4.90 Å². The Labute approximate surface area is 181 Å². The Hall–Kier alpha value is -2.05. The van der Waals surface area contributed by atoms with Gasteiger partial charge in [-0.15, -0.1) is 5.06 Å². The molecule has 7 heteroatoms. The van der Waals surface area contributed by atoms with E-state index in [9.17, 15) is 4.79 Å². The van der Waals surface area contributed by atoms with Crippen molar-refractivity contribution in [1.29, 1.82) is 0 Å². The van der Waals surface area contributed by atoms with E-state index in [4.69, 9.17) is 32.8 Å². The van der Waals surface area contributed by atoms with Crippen molar-refractivity contribution in [2.24, 2.45) is 0 Å². The minimum Gasteiger partial charge on any atom is -0.364 e. The van der Waals surface area contributed by atoms with E-state index >= 15 is 0 Å². The maximum Gasteiger partial charge on any atom is 0.373 e. The molecule has 0 saturated carbocycles. The zero-order chi connectivity index (χ0) is 21.1. The molecule has 3 rings (SSSR count). The van der Waals surface area contributed by atoms with Crippen molar-refractivity contribution in [3.8, 4) is 0 Å². The number of hydrogen-bond acceptors (Lipinski definition) is 5. The van der Waals surface area contributed by atoms with Gasteiger partial charge in [0.1, 0.15) is 11.8 Å². The van der Waals surface area contributed by atoms with E-state index in [1.165, 1.54) is 5.06 Å². The van der Waals surface area contributed by atoms with Gasteiger partial charge in [-0.2, -0.15) is 0 Å². The molecule has 0 N–H and O–H groups in total. The molecule has 2 aromatic carbocycles. The van der Waals surface area contributed by atoms with Gasteiger partial charge in [-0.05, 0) is 29.7 Å². The van der Waals surface area contributed by atoms with Gasteiger partial charge >= 0.3 is 5.97 Å². The predicted octanol–water partition coefficient (Wildman–Crippen LogP) is 5.39. The third kappa shape index (κ3) is 4.59. The van der Waals surface area contributed by atoms with E-state index in [2.05, 4.69) is 0 Å². The number of carbonyl (C=O) groups is 1. The fourth-order valence-corrected chi connectivity index (χ4v) is 4.09. The number of carbonyl (C=O) groups excluding carboxylic acids is 1. The van der Waals surface area contributed by atoms with Crippen LogP contribution in [0.25, 0.3) is 0 Å². The summed E-state index contributed by atoms with van der Waals surface area (Å²) in [5, 5.41) is 2.36. The van der Waals surface area contributed by atoms with Crippen molar-refractivity contribution < 1.29 is 14.4 Å². The van der Waals surface area contributed by atoms with Crippen molar-refractivity contribution in [2.75, 3.05) is 26.0 Å². The molecule has 0 radical (unpaired) electrons. The molecule has 0 aromatic heterocycles. The van der Waals surface area contributed by atoms with Gasteiger partial charge in [0, 0.05) is 31.7 Å². The quantitative estimate of drug-likeness (QED) is 0.570. The number of likely N-dealkylation sites (N-methyl/N-ethyl adjacent to an activating group) is 1. The summed E-state index contributed by atoms with van der Waals surface area (Å²) in [6.07, 6.45) is 0.112. The van der Waals surface area contributed by atoms with Gasteiger partial charge in [0.05, 0.1) is 17.3 Å². The average molecular weight is 435 g/mol. The highest BCUT2D eigenvalue weighted by Gasteiger charge is 2.37. The molecule has 154 valence electrons. The molecule has 0 saturated heterocycles. The van der Waals surface area contributed by atoms with E-state index in [1.807, 2.05) is 37.3 Å². The summed E-state index contributed by atoms with van der Waals surface area (Å²) < 4.78 is 6.32. The van der Waals surface area contributed by atoms with Gasteiger partial charge in [0.25, 0.3) is 0 Å². The first-order valence-electron chi connectivity index (χ1n) is 9.34. The summed E-state index contributed by atoms with van der Waals surface area (Å²) in [5.41, 5.74) is 3.80. The highest BCUT2D eigenvalue weighted by Crippen LogP contribution is 2.47. The Morgan fingerprint density at radius 1 is 1.17 bits per heavy atom. The first-order chi connectivity index (χ1) is 13.8. The van der Waals surface area contributed by atoms with Crippen LogP contribution in [-0.2, 0) is 21.0 Å². The molecule has 1 atom stereocenters. The van der Waals surface area contributed by atoms with E-state index < -0.39 is 12.1 Å². The molecular weight excluding hydrogens is 411 g/mol. The van der Waals surface area contributed by atoms with Crippen LogP contribution in [0.4, 0.5) is 5.69 Å². The number of rotatable bonds is 6. The highest BCUT2D eigenvalue weighted by atomic mass is 35.5. The van der Waals surface area contributed by atoms with Crippen molar-refractivity contribution in [3.63, 3.8) is 0 Å². The van der Waals surface area contributed by atoms with Crippen LogP contribution in [0.3, 0.4) is 0 Å². The maximum atomic E-state index is 12.9. The molecule has 0 spiro atoms. The standard InChI is InChI=1S/C22H24Cl2N2O3/c1-5-16-20(22(27)29-25(2)3)26(4)18-12-15(23)11-17(24)19(18)21(16)28-13-14-9-7-6-8-10-14/h6-12,21H,5,13H2,1-4H3. The fourth-order valence-electron chi connectivity index (χ4n) is 3.51. The van der Waals surface area contributed by atoms with Crippen LogP contribution in [0.1, 0.15) is 30.6 Å². The monoisotopic (exact) mass is 434 g/mol. The molecule has 0 amide bonds. The molecule has 2 aromatic rings. The second kappa shape index (κ2) is 9.18. The minimum absolute atomic E-state index is 0.382. The number of benzene rings is 2. The number of hydrogen-bond donors (Lipinski definition) is 0. The Morgan fingerprint density at radius 2 is 1.86 bits per heavy atom. The fraction of sp³-hybridized carbons (Fsp3) is 0.318. The van der Waals surface area contributed by atoms with Crippen LogP contribution in [-0.4, -0.2) is 32.2 Å². The highest BCUT2D eigenvalue weighted by molar-refractivity contribution is 6.35. The van der Waals surface area contributed by atoms with Gasteiger partial charge in [0.15, 0.2) is 0 Å².